The smallest absolute Gasteiger partial charge is 0.126 e. The van der Waals surface area contributed by atoms with Gasteiger partial charge in [-0.3, -0.25) is 0 Å². The maximum atomic E-state index is 4.26. The molecule has 1 aromatic heterocycles. The molecule has 82 valence electrons. The van der Waals surface area contributed by atoms with Crippen LogP contribution in [0.3, 0.4) is 0 Å². The van der Waals surface area contributed by atoms with Gasteiger partial charge in [-0.1, -0.05) is 29.8 Å². The Kier molecular flexibility index (Phi) is 3.57. The summed E-state index contributed by atoms with van der Waals surface area (Å²) in [4.78, 5) is 4.26. The van der Waals surface area contributed by atoms with Crippen molar-refractivity contribution in [1.29, 1.82) is 0 Å². The van der Waals surface area contributed by atoms with Crippen LogP contribution in [0.1, 0.15) is 11.1 Å². The van der Waals surface area contributed by atoms with Crippen molar-refractivity contribution in [3.63, 3.8) is 0 Å². The highest BCUT2D eigenvalue weighted by atomic mass is 79.9. The second kappa shape index (κ2) is 5.12. The minimum atomic E-state index is 0.802. The van der Waals surface area contributed by atoms with Gasteiger partial charge in [0.05, 0.1) is 0 Å². The summed E-state index contributed by atoms with van der Waals surface area (Å²) in [5, 5.41) is 3.28. The zero-order chi connectivity index (χ0) is 11.4. The Labute approximate surface area is 104 Å². The molecular weight excluding hydrogens is 264 g/mol. The monoisotopic (exact) mass is 276 g/mol. The molecule has 16 heavy (non-hydrogen) atoms. The predicted molar refractivity (Wildman–Crippen MR) is 70.4 cm³/mol. The van der Waals surface area contributed by atoms with E-state index in [2.05, 4.69) is 57.4 Å². The van der Waals surface area contributed by atoms with Crippen LogP contribution in [0.4, 0.5) is 5.82 Å². The van der Waals surface area contributed by atoms with Crippen LogP contribution >= 0.6 is 15.9 Å². The van der Waals surface area contributed by atoms with Crippen LogP contribution in [0, 0.1) is 6.92 Å². The van der Waals surface area contributed by atoms with Gasteiger partial charge in [0.1, 0.15) is 5.82 Å². The van der Waals surface area contributed by atoms with Crippen LogP contribution in [-0.2, 0) is 6.54 Å². The Hall–Kier alpha value is -1.35. The Morgan fingerprint density at radius 3 is 2.81 bits per heavy atom. The van der Waals surface area contributed by atoms with Gasteiger partial charge in [-0.25, -0.2) is 4.98 Å². The maximum absolute atomic E-state index is 4.26. The summed E-state index contributed by atoms with van der Waals surface area (Å²) < 4.78 is 0.994. The summed E-state index contributed by atoms with van der Waals surface area (Å²) in [5.74, 6) is 0.893. The summed E-state index contributed by atoms with van der Waals surface area (Å²) >= 11 is 3.36. The summed E-state index contributed by atoms with van der Waals surface area (Å²) in [7, 11) is 0. The van der Waals surface area contributed by atoms with E-state index in [1.165, 1.54) is 11.1 Å². The van der Waals surface area contributed by atoms with Crippen molar-refractivity contribution in [3.8, 4) is 0 Å². The van der Waals surface area contributed by atoms with Gasteiger partial charge < -0.3 is 5.32 Å². The van der Waals surface area contributed by atoms with E-state index in [1.807, 2.05) is 12.1 Å². The zero-order valence-electron chi connectivity index (χ0n) is 9.07. The highest BCUT2D eigenvalue weighted by Crippen LogP contribution is 2.12. The molecule has 0 saturated heterocycles. The number of hydrogen-bond donors (Lipinski definition) is 1. The second-order valence-corrected chi connectivity index (χ2v) is 4.62. The summed E-state index contributed by atoms with van der Waals surface area (Å²) in [6.45, 7) is 2.90. The Bertz CT molecular complexity index is 466. The fourth-order valence-corrected chi connectivity index (χ4v) is 1.73. The van der Waals surface area contributed by atoms with Gasteiger partial charge in [0.15, 0.2) is 0 Å². The standard InChI is InChI=1S/C13H13BrN2/c1-10-3-2-4-11(7-10)8-15-13-6-5-12(14)9-16-13/h2-7,9H,8H2,1H3,(H,15,16). The van der Waals surface area contributed by atoms with Crippen molar-refractivity contribution in [1.82, 2.24) is 4.98 Å². The molecule has 2 aromatic rings. The summed E-state index contributed by atoms with van der Waals surface area (Å²) in [6, 6.07) is 12.4. The van der Waals surface area contributed by atoms with Gasteiger partial charge in [0.25, 0.3) is 0 Å². The average Bonchev–Trinajstić information content (AvgIpc) is 2.28. The van der Waals surface area contributed by atoms with E-state index in [9.17, 15) is 0 Å². The molecule has 0 aliphatic heterocycles. The highest BCUT2D eigenvalue weighted by Gasteiger charge is 1.95. The van der Waals surface area contributed by atoms with Crippen LogP contribution in [0.2, 0.25) is 0 Å². The molecule has 2 rings (SSSR count). The van der Waals surface area contributed by atoms with Gasteiger partial charge in [0, 0.05) is 17.2 Å². The van der Waals surface area contributed by atoms with Crippen LogP contribution in [0.15, 0.2) is 47.1 Å². The minimum absolute atomic E-state index is 0.802. The lowest BCUT2D eigenvalue weighted by atomic mass is 10.1. The van der Waals surface area contributed by atoms with Crippen molar-refractivity contribution < 1.29 is 0 Å². The molecule has 0 aliphatic carbocycles. The molecule has 2 nitrogen and oxygen atoms in total. The minimum Gasteiger partial charge on any atom is -0.366 e. The fourth-order valence-electron chi connectivity index (χ4n) is 1.50. The molecule has 0 radical (unpaired) electrons. The molecule has 0 atom stereocenters. The van der Waals surface area contributed by atoms with E-state index in [1.54, 1.807) is 6.20 Å². The quantitative estimate of drug-likeness (QED) is 0.923. The van der Waals surface area contributed by atoms with E-state index >= 15 is 0 Å². The summed E-state index contributed by atoms with van der Waals surface area (Å²) in [5.41, 5.74) is 2.55. The molecule has 3 heteroatoms. The fraction of sp³-hybridized carbons (Fsp3) is 0.154. The van der Waals surface area contributed by atoms with Crippen LogP contribution < -0.4 is 5.32 Å². The highest BCUT2D eigenvalue weighted by molar-refractivity contribution is 9.10. The summed E-state index contributed by atoms with van der Waals surface area (Å²) in [6.07, 6.45) is 1.79. The molecule has 0 unspecified atom stereocenters. The lowest BCUT2D eigenvalue weighted by Crippen LogP contribution is -2.00. The molecule has 1 heterocycles. The molecule has 1 aromatic carbocycles. The normalized spacial score (nSPS) is 10.1. The number of nitrogens with zero attached hydrogens (tertiary/aromatic N) is 1. The predicted octanol–water partition coefficient (Wildman–Crippen LogP) is 3.76. The lowest BCUT2D eigenvalue weighted by Gasteiger charge is -2.06. The van der Waals surface area contributed by atoms with Crippen LogP contribution in [0.5, 0.6) is 0 Å². The van der Waals surface area contributed by atoms with Gasteiger partial charge >= 0.3 is 0 Å². The molecular formula is C13H13BrN2. The van der Waals surface area contributed by atoms with Crippen molar-refractivity contribution in [2.75, 3.05) is 5.32 Å². The van der Waals surface area contributed by atoms with Gasteiger partial charge in [-0.05, 0) is 40.5 Å². The Morgan fingerprint density at radius 2 is 2.12 bits per heavy atom. The van der Waals surface area contributed by atoms with Gasteiger partial charge in [0.2, 0.25) is 0 Å². The molecule has 1 N–H and O–H groups in total. The molecule has 0 aliphatic rings. The van der Waals surface area contributed by atoms with E-state index in [0.717, 1.165) is 16.8 Å². The number of rotatable bonds is 3. The molecule has 0 amide bonds. The number of hydrogen-bond acceptors (Lipinski definition) is 2. The first-order chi connectivity index (χ1) is 7.74. The van der Waals surface area contributed by atoms with Crippen LogP contribution in [0.25, 0.3) is 0 Å². The van der Waals surface area contributed by atoms with Crippen molar-refractivity contribution in [3.05, 3.63) is 58.2 Å². The third-order valence-electron chi connectivity index (χ3n) is 2.28. The first-order valence-corrected chi connectivity index (χ1v) is 5.94. The number of aromatic nitrogens is 1. The number of aryl methyl sites for hydroxylation is 1. The van der Waals surface area contributed by atoms with Crippen molar-refractivity contribution >= 4 is 21.7 Å². The van der Waals surface area contributed by atoms with E-state index < -0.39 is 0 Å². The number of halogens is 1. The number of benzene rings is 1. The van der Waals surface area contributed by atoms with E-state index in [-0.39, 0.29) is 0 Å². The van der Waals surface area contributed by atoms with Crippen molar-refractivity contribution in [2.24, 2.45) is 0 Å². The maximum Gasteiger partial charge on any atom is 0.126 e. The largest absolute Gasteiger partial charge is 0.366 e. The van der Waals surface area contributed by atoms with Gasteiger partial charge in [-0.15, -0.1) is 0 Å². The van der Waals surface area contributed by atoms with E-state index in [0.29, 0.717) is 0 Å². The Morgan fingerprint density at radius 1 is 1.25 bits per heavy atom. The van der Waals surface area contributed by atoms with Crippen molar-refractivity contribution in [2.45, 2.75) is 13.5 Å². The van der Waals surface area contributed by atoms with Crippen LogP contribution in [-0.4, -0.2) is 4.98 Å². The first-order valence-electron chi connectivity index (χ1n) is 5.15. The second-order valence-electron chi connectivity index (χ2n) is 3.70. The van der Waals surface area contributed by atoms with Gasteiger partial charge in [-0.2, -0.15) is 0 Å². The van der Waals surface area contributed by atoms with E-state index in [4.69, 9.17) is 0 Å². The zero-order valence-corrected chi connectivity index (χ0v) is 10.7. The molecule has 0 spiro atoms. The number of anilines is 1. The number of nitrogens with one attached hydrogen (secondary N) is 1. The first kappa shape index (κ1) is 11.1. The molecule has 0 saturated carbocycles. The third-order valence-corrected chi connectivity index (χ3v) is 2.75. The SMILES string of the molecule is Cc1cccc(CNc2ccc(Br)cn2)c1. The average molecular weight is 277 g/mol. The topological polar surface area (TPSA) is 24.9 Å². The third kappa shape index (κ3) is 3.07. The number of pyridine rings is 1. The lowest BCUT2D eigenvalue weighted by molar-refractivity contribution is 1.10. The Balaban J connectivity index is 1.99. The molecule has 0 fully saturated rings. The molecule has 0 bridgehead atoms.